The van der Waals surface area contributed by atoms with E-state index >= 15 is 0 Å². The van der Waals surface area contributed by atoms with Crippen LogP contribution in [0.4, 0.5) is 10.1 Å². The Hall–Kier alpha value is -0.660. The average Bonchev–Trinajstić information content (AvgIpc) is 2.28. The molecule has 0 saturated heterocycles. The van der Waals surface area contributed by atoms with E-state index in [1.807, 2.05) is 6.92 Å². The topological polar surface area (TPSA) is 72.2 Å². The fourth-order valence-electron chi connectivity index (χ4n) is 2.22. The second-order valence-electron chi connectivity index (χ2n) is 4.90. The quantitative estimate of drug-likeness (QED) is 0.820. The fraction of sp³-hybridized carbons (Fsp3) is 0.500. The number of nitrogen functional groups attached to an aromatic ring is 1. The van der Waals surface area contributed by atoms with Crippen LogP contribution in [0, 0.1) is 5.82 Å². The van der Waals surface area contributed by atoms with E-state index in [2.05, 4.69) is 20.7 Å². The minimum atomic E-state index is -3.89. The number of sulfonamides is 1. The molecular formula is C12H16BrFN2O2S. The average molecular weight is 351 g/mol. The Bertz CT molecular complexity index is 594. The molecule has 1 saturated carbocycles. The number of rotatable bonds is 4. The largest absolute Gasteiger partial charge is 0.398 e. The van der Waals surface area contributed by atoms with Crippen LogP contribution in [0.3, 0.4) is 0 Å². The Labute approximate surface area is 120 Å². The summed E-state index contributed by atoms with van der Waals surface area (Å²) in [5.41, 5.74) is 5.39. The standard InChI is InChI=1S/C12H16BrFN2O2S/c1-2-12(4-3-5-12)16-19(17,18)11-7-10(15)8(13)6-9(11)14/h6-7,16H,2-5,15H2,1H3. The predicted molar refractivity (Wildman–Crippen MR) is 75.7 cm³/mol. The van der Waals surface area contributed by atoms with Crippen LogP contribution in [0.2, 0.25) is 0 Å². The molecule has 0 aromatic heterocycles. The number of anilines is 1. The molecule has 0 atom stereocenters. The second kappa shape index (κ2) is 5.03. The summed E-state index contributed by atoms with van der Waals surface area (Å²) in [6, 6.07) is 2.22. The first-order valence-electron chi connectivity index (χ1n) is 6.08. The van der Waals surface area contributed by atoms with E-state index < -0.39 is 26.3 Å². The van der Waals surface area contributed by atoms with Crippen molar-refractivity contribution < 1.29 is 12.8 Å². The summed E-state index contributed by atoms with van der Waals surface area (Å²) in [4.78, 5) is -0.395. The number of benzene rings is 1. The third kappa shape index (κ3) is 2.78. The molecule has 106 valence electrons. The summed E-state index contributed by atoms with van der Waals surface area (Å²) in [7, 11) is -3.89. The van der Waals surface area contributed by atoms with Crippen molar-refractivity contribution >= 4 is 31.6 Å². The van der Waals surface area contributed by atoms with Crippen LogP contribution in [0.1, 0.15) is 32.6 Å². The fourth-order valence-corrected chi connectivity index (χ4v) is 4.16. The molecule has 1 fully saturated rings. The Morgan fingerprint density at radius 3 is 2.58 bits per heavy atom. The van der Waals surface area contributed by atoms with E-state index in [0.717, 1.165) is 31.4 Å². The number of hydrogen-bond acceptors (Lipinski definition) is 3. The number of hydrogen-bond donors (Lipinski definition) is 2. The summed E-state index contributed by atoms with van der Waals surface area (Å²) in [6.45, 7) is 1.92. The first-order valence-corrected chi connectivity index (χ1v) is 8.36. The molecule has 3 N–H and O–H groups in total. The molecule has 0 aliphatic heterocycles. The molecule has 0 amide bonds. The van der Waals surface area contributed by atoms with Crippen molar-refractivity contribution in [2.24, 2.45) is 0 Å². The Balaban J connectivity index is 2.37. The summed E-state index contributed by atoms with van der Waals surface area (Å²) in [5, 5.41) is 0. The van der Waals surface area contributed by atoms with Gasteiger partial charge in [0.25, 0.3) is 0 Å². The first-order chi connectivity index (χ1) is 8.80. The van der Waals surface area contributed by atoms with Crippen molar-refractivity contribution in [3.05, 3.63) is 22.4 Å². The zero-order valence-electron chi connectivity index (χ0n) is 10.5. The van der Waals surface area contributed by atoms with Crippen LogP contribution < -0.4 is 10.5 Å². The molecule has 0 heterocycles. The van der Waals surface area contributed by atoms with Gasteiger partial charge < -0.3 is 5.73 Å². The molecule has 1 aliphatic carbocycles. The van der Waals surface area contributed by atoms with E-state index in [4.69, 9.17) is 5.73 Å². The zero-order valence-corrected chi connectivity index (χ0v) is 12.9. The van der Waals surface area contributed by atoms with Crippen molar-refractivity contribution in [1.29, 1.82) is 0 Å². The lowest BCUT2D eigenvalue weighted by Crippen LogP contribution is -2.52. The van der Waals surface area contributed by atoms with Gasteiger partial charge in [0.2, 0.25) is 10.0 Å². The van der Waals surface area contributed by atoms with E-state index in [1.165, 1.54) is 0 Å². The molecule has 0 bridgehead atoms. The summed E-state index contributed by atoms with van der Waals surface area (Å²) < 4.78 is 41.3. The summed E-state index contributed by atoms with van der Waals surface area (Å²) in [6.07, 6.45) is 3.26. The molecule has 4 nitrogen and oxygen atoms in total. The van der Waals surface area contributed by atoms with Crippen LogP contribution in [-0.4, -0.2) is 14.0 Å². The van der Waals surface area contributed by atoms with Gasteiger partial charge in [-0.25, -0.2) is 17.5 Å². The minimum Gasteiger partial charge on any atom is -0.398 e. The molecule has 0 radical (unpaired) electrons. The molecule has 1 aromatic rings. The Kier molecular flexibility index (Phi) is 3.90. The highest BCUT2D eigenvalue weighted by atomic mass is 79.9. The molecule has 2 rings (SSSR count). The Morgan fingerprint density at radius 1 is 1.47 bits per heavy atom. The predicted octanol–water partition coefficient (Wildman–Crippen LogP) is 2.78. The van der Waals surface area contributed by atoms with E-state index in [9.17, 15) is 12.8 Å². The van der Waals surface area contributed by atoms with Crippen LogP contribution in [0.25, 0.3) is 0 Å². The lowest BCUT2D eigenvalue weighted by atomic mass is 9.76. The van der Waals surface area contributed by atoms with Gasteiger partial charge in [-0.05, 0) is 53.7 Å². The molecule has 1 aromatic carbocycles. The Morgan fingerprint density at radius 2 is 2.11 bits per heavy atom. The summed E-state index contributed by atoms with van der Waals surface area (Å²) in [5.74, 6) is -0.806. The zero-order chi connectivity index (χ0) is 14.3. The van der Waals surface area contributed by atoms with Gasteiger partial charge in [0, 0.05) is 15.7 Å². The third-order valence-corrected chi connectivity index (χ3v) is 5.96. The van der Waals surface area contributed by atoms with Gasteiger partial charge in [0.1, 0.15) is 10.7 Å². The normalized spacial score (nSPS) is 18.1. The van der Waals surface area contributed by atoms with Gasteiger partial charge in [-0.15, -0.1) is 0 Å². The van der Waals surface area contributed by atoms with Gasteiger partial charge >= 0.3 is 0 Å². The van der Waals surface area contributed by atoms with Crippen molar-refractivity contribution in [2.75, 3.05) is 5.73 Å². The highest BCUT2D eigenvalue weighted by Crippen LogP contribution is 2.36. The highest BCUT2D eigenvalue weighted by molar-refractivity contribution is 9.10. The smallest absolute Gasteiger partial charge is 0.244 e. The minimum absolute atomic E-state index is 0.195. The van der Waals surface area contributed by atoms with E-state index in [-0.39, 0.29) is 5.69 Å². The van der Waals surface area contributed by atoms with E-state index in [1.54, 1.807) is 0 Å². The maximum absolute atomic E-state index is 13.8. The molecule has 7 heteroatoms. The maximum Gasteiger partial charge on any atom is 0.244 e. The second-order valence-corrected chi connectivity index (χ2v) is 7.40. The maximum atomic E-state index is 13.8. The van der Waals surface area contributed by atoms with Crippen LogP contribution in [-0.2, 0) is 10.0 Å². The van der Waals surface area contributed by atoms with Gasteiger partial charge in [0.05, 0.1) is 0 Å². The number of nitrogens with two attached hydrogens (primary N) is 1. The monoisotopic (exact) mass is 350 g/mol. The summed E-state index contributed by atoms with van der Waals surface area (Å²) >= 11 is 3.07. The van der Waals surface area contributed by atoms with Crippen molar-refractivity contribution in [3.63, 3.8) is 0 Å². The molecule has 0 unspecified atom stereocenters. The molecular weight excluding hydrogens is 335 g/mol. The van der Waals surface area contributed by atoms with Crippen molar-refractivity contribution in [1.82, 2.24) is 4.72 Å². The van der Waals surface area contributed by atoms with Crippen molar-refractivity contribution in [3.8, 4) is 0 Å². The third-order valence-electron chi connectivity index (χ3n) is 3.68. The first kappa shape index (κ1) is 14.7. The van der Waals surface area contributed by atoms with Crippen LogP contribution in [0.15, 0.2) is 21.5 Å². The van der Waals surface area contributed by atoms with Gasteiger partial charge in [-0.1, -0.05) is 6.92 Å². The van der Waals surface area contributed by atoms with Gasteiger partial charge in [-0.3, -0.25) is 0 Å². The number of nitrogens with one attached hydrogen (secondary N) is 1. The van der Waals surface area contributed by atoms with Crippen molar-refractivity contribution in [2.45, 2.75) is 43.0 Å². The van der Waals surface area contributed by atoms with Gasteiger partial charge in [-0.2, -0.15) is 0 Å². The molecule has 19 heavy (non-hydrogen) atoms. The van der Waals surface area contributed by atoms with Gasteiger partial charge in [0.15, 0.2) is 0 Å². The lowest BCUT2D eigenvalue weighted by Gasteiger charge is -2.41. The lowest BCUT2D eigenvalue weighted by molar-refractivity contribution is 0.213. The van der Waals surface area contributed by atoms with Crippen LogP contribution >= 0.6 is 15.9 Å². The highest BCUT2D eigenvalue weighted by Gasteiger charge is 2.39. The SMILES string of the molecule is CCC1(NS(=O)(=O)c2cc(N)c(Br)cc2F)CCC1. The molecule has 1 aliphatic rings. The van der Waals surface area contributed by atoms with Crippen LogP contribution in [0.5, 0.6) is 0 Å². The molecule has 0 spiro atoms. The van der Waals surface area contributed by atoms with E-state index in [0.29, 0.717) is 10.9 Å². The number of halogens is 2.